The van der Waals surface area contributed by atoms with Crippen molar-refractivity contribution in [2.24, 2.45) is 0 Å². The summed E-state index contributed by atoms with van der Waals surface area (Å²) in [6.45, 7) is 5.94. The van der Waals surface area contributed by atoms with Gasteiger partial charge in [0.15, 0.2) is 0 Å². The summed E-state index contributed by atoms with van der Waals surface area (Å²) in [6, 6.07) is 13.9. The maximum atomic E-state index is 12.3. The Morgan fingerprint density at radius 3 is 2.54 bits per heavy atom. The summed E-state index contributed by atoms with van der Waals surface area (Å²) < 4.78 is 0. The van der Waals surface area contributed by atoms with E-state index in [1.165, 1.54) is 16.9 Å². The number of nitrogens with zero attached hydrogens (tertiary/aromatic N) is 1. The third-order valence-electron chi connectivity index (χ3n) is 4.63. The Morgan fingerprint density at radius 1 is 1.07 bits per heavy atom. The zero-order chi connectivity index (χ0) is 20.1. The molecule has 0 saturated heterocycles. The van der Waals surface area contributed by atoms with Crippen LogP contribution >= 0.6 is 11.3 Å². The van der Waals surface area contributed by atoms with Gasteiger partial charge in [-0.3, -0.25) is 9.59 Å². The lowest BCUT2D eigenvalue weighted by molar-refractivity contribution is -0.115. The van der Waals surface area contributed by atoms with Gasteiger partial charge in [-0.25, -0.2) is 4.98 Å². The number of hydrogen-bond donors (Lipinski definition) is 2. The highest BCUT2D eigenvalue weighted by molar-refractivity contribution is 7.13. The van der Waals surface area contributed by atoms with E-state index in [4.69, 9.17) is 0 Å². The van der Waals surface area contributed by atoms with Crippen LogP contribution in [0.1, 0.15) is 34.1 Å². The minimum Gasteiger partial charge on any atom is -0.342 e. The van der Waals surface area contributed by atoms with E-state index in [9.17, 15) is 9.59 Å². The Labute approximate surface area is 168 Å². The first-order valence-corrected chi connectivity index (χ1v) is 10.0. The molecule has 28 heavy (non-hydrogen) atoms. The summed E-state index contributed by atoms with van der Waals surface area (Å²) in [7, 11) is 0. The fraction of sp³-hybridized carbons (Fsp3) is 0.227. The number of carbonyl (C=O) groups excluding carboxylic acids is 2. The molecule has 5 nitrogen and oxygen atoms in total. The van der Waals surface area contributed by atoms with Crippen LogP contribution in [0.5, 0.6) is 0 Å². The number of benzene rings is 2. The van der Waals surface area contributed by atoms with Crippen LogP contribution in [0.15, 0.2) is 47.8 Å². The number of rotatable bonds is 6. The standard InChI is InChI=1S/C22H23N3O2S/c1-4-16-8-10-17(11-9-16)22-25-19(13-28-22)21(27)23-12-20(26)24-18-7-5-6-14(2)15(18)3/h5-11,13H,4,12H2,1-3H3,(H,23,27)(H,24,26). The van der Waals surface area contributed by atoms with E-state index >= 15 is 0 Å². The SMILES string of the molecule is CCc1ccc(-c2nc(C(=O)NCC(=O)Nc3cccc(C)c3C)cs2)cc1. The van der Waals surface area contributed by atoms with Crippen molar-refractivity contribution in [3.05, 3.63) is 70.2 Å². The van der Waals surface area contributed by atoms with E-state index in [0.29, 0.717) is 5.69 Å². The highest BCUT2D eigenvalue weighted by Gasteiger charge is 2.13. The van der Waals surface area contributed by atoms with Crippen molar-refractivity contribution < 1.29 is 9.59 Å². The second kappa shape index (κ2) is 8.80. The van der Waals surface area contributed by atoms with Crippen LogP contribution in [-0.2, 0) is 11.2 Å². The Morgan fingerprint density at radius 2 is 1.82 bits per heavy atom. The molecule has 0 atom stereocenters. The van der Waals surface area contributed by atoms with Crippen molar-refractivity contribution in [1.29, 1.82) is 0 Å². The van der Waals surface area contributed by atoms with Crippen LogP contribution in [-0.4, -0.2) is 23.3 Å². The molecule has 2 amide bonds. The first-order chi connectivity index (χ1) is 13.5. The Bertz CT molecular complexity index is 993. The van der Waals surface area contributed by atoms with Gasteiger partial charge in [0.2, 0.25) is 5.91 Å². The van der Waals surface area contributed by atoms with Gasteiger partial charge in [-0.2, -0.15) is 0 Å². The number of amides is 2. The average molecular weight is 394 g/mol. The minimum atomic E-state index is -0.358. The van der Waals surface area contributed by atoms with Crippen LogP contribution in [0.2, 0.25) is 0 Å². The maximum absolute atomic E-state index is 12.3. The molecule has 1 aromatic heterocycles. The Balaban J connectivity index is 1.58. The Hall–Kier alpha value is -2.99. The van der Waals surface area contributed by atoms with Crippen LogP contribution in [0.25, 0.3) is 10.6 Å². The molecule has 144 valence electrons. The number of thiazole rings is 1. The molecular formula is C22H23N3O2S. The van der Waals surface area contributed by atoms with Gasteiger partial charge in [0, 0.05) is 16.6 Å². The lowest BCUT2D eigenvalue weighted by Crippen LogP contribution is -2.33. The summed E-state index contributed by atoms with van der Waals surface area (Å²) in [5, 5.41) is 7.95. The summed E-state index contributed by atoms with van der Waals surface area (Å²) in [4.78, 5) is 28.9. The molecule has 2 aromatic carbocycles. The summed E-state index contributed by atoms with van der Waals surface area (Å²) in [6.07, 6.45) is 0.982. The van der Waals surface area contributed by atoms with Crippen molar-refractivity contribution in [3.63, 3.8) is 0 Å². The van der Waals surface area contributed by atoms with E-state index in [0.717, 1.165) is 33.8 Å². The lowest BCUT2D eigenvalue weighted by Gasteiger charge is -2.10. The Kier molecular flexibility index (Phi) is 6.21. The summed E-state index contributed by atoms with van der Waals surface area (Å²) >= 11 is 1.41. The molecule has 3 rings (SSSR count). The van der Waals surface area contributed by atoms with Gasteiger partial charge < -0.3 is 10.6 Å². The smallest absolute Gasteiger partial charge is 0.271 e. The second-order valence-electron chi connectivity index (χ2n) is 6.57. The fourth-order valence-electron chi connectivity index (χ4n) is 2.73. The predicted molar refractivity (Wildman–Crippen MR) is 114 cm³/mol. The molecule has 2 N–H and O–H groups in total. The van der Waals surface area contributed by atoms with E-state index in [1.54, 1.807) is 5.38 Å². The number of aromatic nitrogens is 1. The summed E-state index contributed by atoms with van der Waals surface area (Å²) in [5.74, 6) is -0.628. The first-order valence-electron chi connectivity index (χ1n) is 9.17. The zero-order valence-electron chi connectivity index (χ0n) is 16.2. The van der Waals surface area contributed by atoms with Crippen molar-refractivity contribution in [2.75, 3.05) is 11.9 Å². The molecule has 0 bridgehead atoms. The molecule has 0 unspecified atom stereocenters. The van der Waals surface area contributed by atoms with Gasteiger partial charge in [0.1, 0.15) is 10.7 Å². The van der Waals surface area contributed by atoms with Gasteiger partial charge >= 0.3 is 0 Å². The van der Waals surface area contributed by atoms with Crippen LogP contribution in [0.4, 0.5) is 5.69 Å². The van der Waals surface area contributed by atoms with Crippen molar-refractivity contribution in [2.45, 2.75) is 27.2 Å². The number of nitrogens with one attached hydrogen (secondary N) is 2. The molecule has 0 spiro atoms. The monoisotopic (exact) mass is 393 g/mol. The largest absolute Gasteiger partial charge is 0.342 e. The van der Waals surface area contributed by atoms with Crippen LogP contribution in [0, 0.1) is 13.8 Å². The quantitative estimate of drug-likeness (QED) is 0.654. The van der Waals surface area contributed by atoms with Crippen molar-refractivity contribution >= 4 is 28.8 Å². The minimum absolute atomic E-state index is 0.107. The molecule has 3 aromatic rings. The number of hydrogen-bond acceptors (Lipinski definition) is 4. The van der Waals surface area contributed by atoms with E-state index in [2.05, 4.69) is 34.7 Å². The van der Waals surface area contributed by atoms with Crippen LogP contribution in [0.3, 0.4) is 0 Å². The van der Waals surface area contributed by atoms with E-state index < -0.39 is 0 Å². The second-order valence-corrected chi connectivity index (χ2v) is 7.42. The normalized spacial score (nSPS) is 10.5. The third-order valence-corrected chi connectivity index (χ3v) is 5.53. The average Bonchev–Trinajstić information content (AvgIpc) is 3.20. The van der Waals surface area contributed by atoms with Crippen LogP contribution < -0.4 is 10.6 Å². The van der Waals surface area contributed by atoms with Crippen molar-refractivity contribution in [1.82, 2.24) is 10.3 Å². The van der Waals surface area contributed by atoms with E-state index in [1.807, 2.05) is 44.2 Å². The lowest BCUT2D eigenvalue weighted by atomic mass is 10.1. The molecular weight excluding hydrogens is 370 g/mol. The number of carbonyl (C=O) groups is 2. The predicted octanol–water partition coefficient (Wildman–Crippen LogP) is 4.36. The topological polar surface area (TPSA) is 71.1 Å². The van der Waals surface area contributed by atoms with Gasteiger partial charge in [-0.1, -0.05) is 43.3 Å². The molecule has 0 radical (unpaired) electrons. The zero-order valence-corrected chi connectivity index (χ0v) is 17.0. The molecule has 1 heterocycles. The first kappa shape index (κ1) is 19.8. The fourth-order valence-corrected chi connectivity index (χ4v) is 3.53. The molecule has 0 aliphatic rings. The van der Waals surface area contributed by atoms with Gasteiger partial charge in [0.25, 0.3) is 5.91 Å². The molecule has 0 saturated carbocycles. The van der Waals surface area contributed by atoms with Gasteiger partial charge in [-0.05, 0) is 43.0 Å². The molecule has 0 aliphatic heterocycles. The van der Waals surface area contributed by atoms with E-state index in [-0.39, 0.29) is 18.4 Å². The van der Waals surface area contributed by atoms with Crippen molar-refractivity contribution in [3.8, 4) is 10.6 Å². The highest BCUT2D eigenvalue weighted by Crippen LogP contribution is 2.24. The highest BCUT2D eigenvalue weighted by atomic mass is 32.1. The third kappa shape index (κ3) is 4.64. The molecule has 0 fully saturated rings. The molecule has 0 aliphatic carbocycles. The van der Waals surface area contributed by atoms with Gasteiger partial charge in [0.05, 0.1) is 6.54 Å². The maximum Gasteiger partial charge on any atom is 0.271 e. The number of anilines is 1. The number of aryl methyl sites for hydroxylation is 2. The summed E-state index contributed by atoms with van der Waals surface area (Å²) in [5.41, 5.74) is 5.43. The molecule has 6 heteroatoms. The van der Waals surface area contributed by atoms with Gasteiger partial charge in [-0.15, -0.1) is 11.3 Å².